The summed E-state index contributed by atoms with van der Waals surface area (Å²) in [5, 5.41) is 0.912. The highest BCUT2D eigenvalue weighted by atomic mass is 32.2. The van der Waals surface area contributed by atoms with Gasteiger partial charge in [-0.15, -0.1) is 0 Å². The first kappa shape index (κ1) is 14.4. The molecule has 5 heteroatoms. The van der Waals surface area contributed by atoms with Gasteiger partial charge in [0.25, 0.3) is 0 Å². The van der Waals surface area contributed by atoms with Crippen LogP contribution in [0.2, 0.25) is 0 Å². The van der Waals surface area contributed by atoms with Crippen molar-refractivity contribution in [2.45, 2.75) is 24.9 Å². The van der Waals surface area contributed by atoms with Gasteiger partial charge in [0.05, 0.1) is 16.8 Å². The summed E-state index contributed by atoms with van der Waals surface area (Å²) in [6.07, 6.45) is 2.37. The Kier molecular flexibility index (Phi) is 4.19. The van der Waals surface area contributed by atoms with Crippen LogP contribution in [0, 0.1) is 5.92 Å². The standard InChI is InChI=1S/C16H21N3OS/c1-12-6-5-9-19(10-12)15(20)11-21-16-17-13-7-3-4-8-14(13)18(16)2/h3-4,7-8,12H,5-6,9-11H2,1-2H3/t12-/m0/s1. The topological polar surface area (TPSA) is 38.1 Å². The van der Waals surface area contributed by atoms with Gasteiger partial charge in [-0.3, -0.25) is 4.79 Å². The van der Waals surface area contributed by atoms with E-state index in [1.807, 2.05) is 30.1 Å². The van der Waals surface area contributed by atoms with Crippen LogP contribution in [0.15, 0.2) is 29.4 Å². The third-order valence-corrected chi connectivity index (χ3v) is 5.10. The van der Waals surface area contributed by atoms with Gasteiger partial charge in [0.1, 0.15) is 0 Å². The maximum Gasteiger partial charge on any atom is 0.233 e. The van der Waals surface area contributed by atoms with Gasteiger partial charge in [-0.1, -0.05) is 30.8 Å². The number of rotatable bonds is 3. The molecular weight excluding hydrogens is 282 g/mol. The van der Waals surface area contributed by atoms with E-state index in [2.05, 4.69) is 22.5 Å². The van der Waals surface area contributed by atoms with Gasteiger partial charge in [-0.25, -0.2) is 4.98 Å². The molecule has 21 heavy (non-hydrogen) atoms. The number of piperidine rings is 1. The molecule has 0 bridgehead atoms. The maximum absolute atomic E-state index is 12.3. The van der Waals surface area contributed by atoms with E-state index in [0.717, 1.165) is 35.7 Å². The maximum atomic E-state index is 12.3. The zero-order valence-corrected chi connectivity index (χ0v) is 13.4. The molecule has 112 valence electrons. The number of nitrogens with zero attached hydrogens (tertiary/aromatic N) is 3. The van der Waals surface area contributed by atoms with Crippen molar-refractivity contribution < 1.29 is 4.79 Å². The number of thioether (sulfide) groups is 1. The Hall–Kier alpha value is -1.49. The number of para-hydroxylation sites is 2. The number of benzene rings is 1. The van der Waals surface area contributed by atoms with E-state index >= 15 is 0 Å². The first-order valence-electron chi connectivity index (χ1n) is 7.47. The Morgan fingerprint density at radius 1 is 1.43 bits per heavy atom. The number of hydrogen-bond donors (Lipinski definition) is 0. The minimum atomic E-state index is 0.235. The highest BCUT2D eigenvalue weighted by Crippen LogP contribution is 2.23. The van der Waals surface area contributed by atoms with Crippen LogP contribution in [-0.4, -0.2) is 39.2 Å². The summed E-state index contributed by atoms with van der Waals surface area (Å²) < 4.78 is 2.06. The zero-order chi connectivity index (χ0) is 14.8. The van der Waals surface area contributed by atoms with Gasteiger partial charge >= 0.3 is 0 Å². The van der Waals surface area contributed by atoms with Crippen LogP contribution in [0.1, 0.15) is 19.8 Å². The molecular formula is C16H21N3OS. The van der Waals surface area contributed by atoms with Crippen LogP contribution in [0.3, 0.4) is 0 Å². The second kappa shape index (κ2) is 6.10. The van der Waals surface area contributed by atoms with Crippen molar-refractivity contribution in [3.05, 3.63) is 24.3 Å². The summed E-state index contributed by atoms with van der Waals surface area (Å²) >= 11 is 1.54. The Morgan fingerprint density at radius 3 is 3.00 bits per heavy atom. The van der Waals surface area contributed by atoms with E-state index in [4.69, 9.17) is 0 Å². The number of likely N-dealkylation sites (tertiary alicyclic amines) is 1. The molecule has 0 aliphatic carbocycles. The molecule has 0 unspecified atom stereocenters. The summed E-state index contributed by atoms with van der Waals surface area (Å²) in [6.45, 7) is 4.03. The smallest absolute Gasteiger partial charge is 0.233 e. The normalized spacial score (nSPS) is 19.1. The predicted molar refractivity (Wildman–Crippen MR) is 86.4 cm³/mol. The first-order chi connectivity index (χ1) is 10.1. The Morgan fingerprint density at radius 2 is 2.24 bits per heavy atom. The van der Waals surface area contributed by atoms with Crippen LogP contribution < -0.4 is 0 Å². The van der Waals surface area contributed by atoms with Crippen molar-refractivity contribution in [1.82, 2.24) is 14.5 Å². The third kappa shape index (κ3) is 3.07. The molecule has 0 spiro atoms. The Labute approximate surface area is 129 Å². The number of aryl methyl sites for hydroxylation is 1. The van der Waals surface area contributed by atoms with Crippen molar-refractivity contribution in [3.63, 3.8) is 0 Å². The minimum Gasteiger partial charge on any atom is -0.342 e. The Balaban J connectivity index is 1.66. The van der Waals surface area contributed by atoms with Crippen molar-refractivity contribution in [3.8, 4) is 0 Å². The van der Waals surface area contributed by atoms with Gasteiger partial charge in [0.2, 0.25) is 5.91 Å². The monoisotopic (exact) mass is 303 g/mol. The molecule has 0 saturated carbocycles. The zero-order valence-electron chi connectivity index (χ0n) is 12.6. The van der Waals surface area contributed by atoms with Gasteiger partial charge < -0.3 is 9.47 Å². The van der Waals surface area contributed by atoms with Gasteiger partial charge in [-0.2, -0.15) is 0 Å². The summed E-state index contributed by atoms with van der Waals surface area (Å²) in [4.78, 5) is 18.9. The number of imidazole rings is 1. The second-order valence-corrected chi connectivity index (χ2v) is 6.76. The Bertz CT molecular complexity index is 652. The lowest BCUT2D eigenvalue weighted by Crippen LogP contribution is -2.40. The van der Waals surface area contributed by atoms with Crippen LogP contribution in [0.4, 0.5) is 0 Å². The number of aromatic nitrogens is 2. The van der Waals surface area contributed by atoms with E-state index < -0.39 is 0 Å². The molecule has 3 rings (SSSR count). The highest BCUT2D eigenvalue weighted by molar-refractivity contribution is 7.99. The van der Waals surface area contributed by atoms with E-state index in [1.165, 1.54) is 18.2 Å². The van der Waals surface area contributed by atoms with Crippen molar-refractivity contribution in [2.24, 2.45) is 13.0 Å². The summed E-state index contributed by atoms with van der Waals surface area (Å²) in [6, 6.07) is 8.07. The average molecular weight is 303 g/mol. The SMILES string of the molecule is C[C@H]1CCCN(C(=O)CSc2nc3ccccc3n2C)C1. The van der Waals surface area contributed by atoms with E-state index in [1.54, 1.807) is 0 Å². The third-order valence-electron chi connectivity index (χ3n) is 4.08. The van der Waals surface area contributed by atoms with Gasteiger partial charge in [0.15, 0.2) is 5.16 Å². The average Bonchev–Trinajstić information content (AvgIpc) is 2.82. The lowest BCUT2D eigenvalue weighted by molar-refractivity contribution is -0.130. The molecule has 1 aliphatic rings. The molecule has 0 radical (unpaired) electrons. The molecule has 1 aromatic carbocycles. The molecule has 0 N–H and O–H groups in total. The number of amides is 1. The molecule has 1 atom stereocenters. The highest BCUT2D eigenvalue weighted by Gasteiger charge is 2.21. The predicted octanol–water partition coefficient (Wildman–Crippen LogP) is 2.92. The number of carbonyl (C=O) groups excluding carboxylic acids is 1. The quantitative estimate of drug-likeness (QED) is 0.818. The minimum absolute atomic E-state index is 0.235. The van der Waals surface area contributed by atoms with E-state index in [9.17, 15) is 4.79 Å². The van der Waals surface area contributed by atoms with Gasteiger partial charge in [-0.05, 0) is 30.9 Å². The van der Waals surface area contributed by atoms with Crippen LogP contribution in [-0.2, 0) is 11.8 Å². The molecule has 4 nitrogen and oxygen atoms in total. The number of hydrogen-bond acceptors (Lipinski definition) is 3. The first-order valence-corrected chi connectivity index (χ1v) is 8.45. The summed E-state index contributed by atoms with van der Waals surface area (Å²) in [7, 11) is 2.01. The lowest BCUT2D eigenvalue weighted by Gasteiger charge is -2.30. The van der Waals surface area contributed by atoms with Crippen LogP contribution >= 0.6 is 11.8 Å². The van der Waals surface area contributed by atoms with Gasteiger partial charge in [0, 0.05) is 20.1 Å². The molecule has 2 aromatic rings. The molecule has 1 aliphatic heterocycles. The fourth-order valence-corrected chi connectivity index (χ4v) is 3.78. The summed E-state index contributed by atoms with van der Waals surface area (Å²) in [5.74, 6) is 1.34. The summed E-state index contributed by atoms with van der Waals surface area (Å²) in [5.41, 5.74) is 2.10. The molecule has 1 fully saturated rings. The molecule has 1 saturated heterocycles. The number of carbonyl (C=O) groups is 1. The number of fused-ring (bicyclic) bond motifs is 1. The van der Waals surface area contributed by atoms with E-state index in [-0.39, 0.29) is 5.91 Å². The van der Waals surface area contributed by atoms with Crippen molar-refractivity contribution in [1.29, 1.82) is 0 Å². The fraction of sp³-hybridized carbons (Fsp3) is 0.500. The van der Waals surface area contributed by atoms with Crippen molar-refractivity contribution >= 4 is 28.7 Å². The lowest BCUT2D eigenvalue weighted by atomic mass is 10.0. The largest absolute Gasteiger partial charge is 0.342 e. The van der Waals surface area contributed by atoms with Crippen LogP contribution in [0.5, 0.6) is 0 Å². The van der Waals surface area contributed by atoms with E-state index in [0.29, 0.717) is 11.7 Å². The van der Waals surface area contributed by atoms with Crippen LogP contribution in [0.25, 0.3) is 11.0 Å². The fourth-order valence-electron chi connectivity index (χ4n) is 2.89. The van der Waals surface area contributed by atoms with Crippen molar-refractivity contribution in [2.75, 3.05) is 18.8 Å². The molecule has 2 heterocycles. The molecule has 1 amide bonds. The second-order valence-electron chi connectivity index (χ2n) is 5.82. The molecule has 1 aromatic heterocycles.